The van der Waals surface area contributed by atoms with Crippen molar-refractivity contribution in [1.82, 2.24) is 0 Å². The first kappa shape index (κ1) is 22.2. The smallest absolute Gasteiger partial charge is 0.430 e. The van der Waals surface area contributed by atoms with Gasteiger partial charge in [0.2, 0.25) is 0 Å². The van der Waals surface area contributed by atoms with Crippen LogP contribution in [-0.2, 0) is 28.8 Å². The van der Waals surface area contributed by atoms with E-state index in [1.54, 1.807) is 12.1 Å². The SMILES string of the molecule is FC(F)(F)c1cccc[c]1[Ti+]([C]1=CC=CC1)[C]1=CC=CC1.O=C([O-])C(F)(F)F. The van der Waals surface area contributed by atoms with Gasteiger partial charge >= 0.3 is 134 Å². The van der Waals surface area contributed by atoms with Crippen LogP contribution in [0.25, 0.3) is 0 Å². The summed E-state index contributed by atoms with van der Waals surface area (Å²) in [6.07, 6.45) is 4.11. The zero-order valence-corrected chi connectivity index (χ0v) is 15.8. The number of carboxylic acid groups (broad SMARTS) is 1. The van der Waals surface area contributed by atoms with Crippen LogP contribution in [0.5, 0.6) is 0 Å². The number of aliphatic carboxylic acids is 1. The van der Waals surface area contributed by atoms with Crippen LogP contribution >= 0.6 is 0 Å². The summed E-state index contributed by atoms with van der Waals surface area (Å²) in [4.78, 5) is 8.78. The van der Waals surface area contributed by atoms with E-state index in [9.17, 15) is 26.3 Å². The van der Waals surface area contributed by atoms with Gasteiger partial charge in [0, 0.05) is 0 Å². The van der Waals surface area contributed by atoms with E-state index in [1.807, 2.05) is 36.5 Å². The van der Waals surface area contributed by atoms with Crippen LogP contribution in [0, 0.1) is 0 Å². The molecule has 0 aliphatic heterocycles. The van der Waals surface area contributed by atoms with Gasteiger partial charge in [0.1, 0.15) is 5.97 Å². The first-order valence-electron chi connectivity index (χ1n) is 8.05. The first-order chi connectivity index (χ1) is 13.0. The maximum atomic E-state index is 13.3. The molecule has 0 aromatic heterocycles. The number of benzene rings is 1. The maximum absolute atomic E-state index is 13.3. The van der Waals surface area contributed by atoms with Crippen LogP contribution in [0.3, 0.4) is 0 Å². The second-order valence-corrected chi connectivity index (χ2v) is 9.87. The van der Waals surface area contributed by atoms with Crippen molar-refractivity contribution in [3.05, 3.63) is 74.0 Å². The summed E-state index contributed by atoms with van der Waals surface area (Å²) in [5.41, 5.74) is -0.458. The van der Waals surface area contributed by atoms with E-state index in [1.165, 1.54) is 19.9 Å². The Kier molecular flexibility index (Phi) is 7.12. The van der Waals surface area contributed by atoms with E-state index in [0.717, 1.165) is 12.8 Å². The van der Waals surface area contributed by atoms with E-state index < -0.39 is 41.8 Å². The summed E-state index contributed by atoms with van der Waals surface area (Å²) in [5.74, 6) is -3.01. The van der Waals surface area contributed by atoms with Gasteiger partial charge in [0.15, 0.2) is 0 Å². The Bertz CT molecular complexity index is 817. The molecule has 2 aliphatic rings. The first-order valence-corrected chi connectivity index (χ1v) is 10.4. The molecule has 3 rings (SSSR count). The van der Waals surface area contributed by atoms with Gasteiger partial charge in [0.05, 0.1) is 0 Å². The van der Waals surface area contributed by atoms with Crippen molar-refractivity contribution in [1.29, 1.82) is 0 Å². The second kappa shape index (κ2) is 8.96. The van der Waals surface area contributed by atoms with Crippen molar-refractivity contribution in [3.8, 4) is 0 Å². The molecule has 0 saturated heterocycles. The standard InChI is InChI=1S/C7H4F3.2C5H5.C2HF3O2.Ti/c8-7(9,10)6-4-2-1-3-5-6;2*1-2-4-5-3-1;3-2(4,5)1(6)7;/h1-4H;2*1-3H,4H2;(H,6,7);/q;;;;+1/p-1. The van der Waals surface area contributed by atoms with E-state index in [4.69, 9.17) is 9.90 Å². The van der Waals surface area contributed by atoms with E-state index in [2.05, 4.69) is 0 Å². The van der Waals surface area contributed by atoms with E-state index in [-0.39, 0.29) is 0 Å². The molecule has 0 saturated carbocycles. The number of halogens is 6. The molecular weight excluding hydrogens is 422 g/mol. The summed E-state index contributed by atoms with van der Waals surface area (Å²) >= 11 is -2.29. The Labute approximate surface area is 163 Å². The number of carbonyl (C=O) groups excluding carboxylic acids is 1. The van der Waals surface area contributed by atoms with Crippen LogP contribution in [0.1, 0.15) is 18.4 Å². The molecule has 2 nitrogen and oxygen atoms in total. The topological polar surface area (TPSA) is 40.1 Å². The summed E-state index contributed by atoms with van der Waals surface area (Å²) in [6, 6.07) is 6.10. The number of alkyl halides is 6. The Morgan fingerprint density at radius 3 is 1.71 bits per heavy atom. The second-order valence-electron chi connectivity index (χ2n) is 5.85. The summed E-state index contributed by atoms with van der Waals surface area (Å²) < 4.78 is 74.5. The predicted molar refractivity (Wildman–Crippen MR) is 85.8 cm³/mol. The molecule has 28 heavy (non-hydrogen) atoms. The molecule has 0 atom stereocenters. The fourth-order valence-corrected chi connectivity index (χ4v) is 7.50. The number of allylic oxidation sites excluding steroid dienone is 8. The fraction of sp³-hybridized carbons (Fsp3) is 0.211. The quantitative estimate of drug-likeness (QED) is 0.532. The normalized spacial score (nSPS) is 15.6. The summed E-state index contributed by atoms with van der Waals surface area (Å²) in [5, 5.41) is 8.78. The van der Waals surface area contributed by atoms with Crippen molar-refractivity contribution in [3.63, 3.8) is 0 Å². The number of carboxylic acids is 1. The van der Waals surface area contributed by atoms with Gasteiger partial charge in [-0.1, -0.05) is 0 Å². The Hall–Kier alpha value is -2.06. The Morgan fingerprint density at radius 2 is 1.36 bits per heavy atom. The van der Waals surface area contributed by atoms with E-state index in [0.29, 0.717) is 3.87 Å². The maximum Gasteiger partial charge on any atom is 0.430 e. The average molecular weight is 436 g/mol. The van der Waals surface area contributed by atoms with Crippen LogP contribution in [0.2, 0.25) is 0 Å². The zero-order chi connectivity index (χ0) is 20.9. The predicted octanol–water partition coefficient (Wildman–Crippen LogP) is 3.94. The van der Waals surface area contributed by atoms with Crippen LogP contribution in [-0.4, -0.2) is 12.1 Å². The molecule has 0 N–H and O–H groups in total. The van der Waals surface area contributed by atoms with Gasteiger partial charge in [-0.05, 0) is 0 Å². The van der Waals surface area contributed by atoms with Crippen molar-refractivity contribution >= 4 is 9.84 Å². The summed E-state index contributed by atoms with van der Waals surface area (Å²) in [7, 11) is 0. The molecule has 148 valence electrons. The molecule has 1 aromatic rings. The van der Waals surface area contributed by atoms with Crippen molar-refractivity contribution in [2.45, 2.75) is 25.2 Å². The van der Waals surface area contributed by atoms with Crippen molar-refractivity contribution in [2.24, 2.45) is 0 Å². The fourth-order valence-electron chi connectivity index (χ4n) is 2.77. The third-order valence-electron chi connectivity index (χ3n) is 3.92. The number of hydrogen-bond acceptors (Lipinski definition) is 2. The molecule has 0 bridgehead atoms. The molecule has 1 aromatic carbocycles. The monoisotopic (exact) mass is 436 g/mol. The molecular formula is C19H14F6O2Ti. The third-order valence-corrected chi connectivity index (χ3v) is 8.60. The number of rotatable bonds is 3. The molecule has 2 aliphatic carbocycles. The van der Waals surface area contributed by atoms with Crippen LogP contribution in [0.15, 0.2) is 68.5 Å². The van der Waals surface area contributed by atoms with E-state index >= 15 is 0 Å². The minimum Gasteiger partial charge on any atom is -0.542 e. The van der Waals surface area contributed by atoms with Gasteiger partial charge in [0.25, 0.3) is 0 Å². The molecule has 0 radical (unpaired) electrons. The van der Waals surface area contributed by atoms with Gasteiger partial charge in [-0.15, -0.1) is 0 Å². The molecule has 0 fully saturated rings. The third kappa shape index (κ3) is 5.72. The molecule has 0 heterocycles. The van der Waals surface area contributed by atoms with Gasteiger partial charge in [-0.25, -0.2) is 0 Å². The molecule has 0 amide bonds. The average Bonchev–Trinajstić information content (AvgIpc) is 3.29. The zero-order valence-electron chi connectivity index (χ0n) is 14.3. The van der Waals surface area contributed by atoms with Crippen molar-refractivity contribution < 1.29 is 54.1 Å². The van der Waals surface area contributed by atoms with Gasteiger partial charge in [-0.2, -0.15) is 13.2 Å². The number of hydrogen-bond donors (Lipinski definition) is 0. The van der Waals surface area contributed by atoms with Crippen LogP contribution in [0.4, 0.5) is 26.3 Å². The van der Waals surface area contributed by atoms with Gasteiger partial charge < -0.3 is 9.90 Å². The largest absolute Gasteiger partial charge is 0.542 e. The van der Waals surface area contributed by atoms with Crippen LogP contribution < -0.4 is 8.97 Å². The minimum atomic E-state index is -5.19. The molecule has 0 spiro atoms. The summed E-state index contributed by atoms with van der Waals surface area (Å²) in [6.45, 7) is 0. The van der Waals surface area contributed by atoms with Gasteiger partial charge in [-0.3, -0.25) is 0 Å². The Balaban J connectivity index is 0.000000345. The molecule has 9 heteroatoms. The minimum absolute atomic E-state index is 0.458. The molecule has 0 unspecified atom stereocenters. The Morgan fingerprint density at radius 1 is 0.893 bits per heavy atom. The van der Waals surface area contributed by atoms with Crippen molar-refractivity contribution in [2.75, 3.05) is 0 Å². The number of carbonyl (C=O) groups is 1.